The van der Waals surface area contributed by atoms with Gasteiger partial charge in [-0.25, -0.2) is 0 Å². The third kappa shape index (κ3) is 61.2. The summed E-state index contributed by atoms with van der Waals surface area (Å²) in [4.78, 5) is 38.2. The zero-order chi connectivity index (χ0) is 55.0. The van der Waals surface area contributed by atoms with Gasteiger partial charge in [0.2, 0.25) is 0 Å². The molecule has 436 valence electrons. The lowest BCUT2D eigenvalue weighted by Gasteiger charge is -2.18. The molecule has 0 spiro atoms. The molecule has 0 bridgehead atoms. The second-order valence-electron chi connectivity index (χ2n) is 21.3. The van der Waals surface area contributed by atoms with Crippen molar-refractivity contribution < 1.29 is 28.6 Å². The fourth-order valence-electron chi connectivity index (χ4n) is 9.01. The average molecular weight is 1060 g/mol. The van der Waals surface area contributed by atoms with Gasteiger partial charge in [-0.2, -0.15) is 0 Å². The minimum absolute atomic E-state index is 0.0792. The fraction of sp³-hybridized carbons (Fsp3) is 0.729. The topological polar surface area (TPSA) is 78.9 Å². The predicted octanol–water partition coefficient (Wildman–Crippen LogP) is 22.0. The smallest absolute Gasteiger partial charge is 0.306 e. The second-order valence-corrected chi connectivity index (χ2v) is 21.3. The molecule has 1 unspecified atom stereocenters. The van der Waals surface area contributed by atoms with Crippen LogP contribution < -0.4 is 0 Å². The number of rotatable bonds is 58. The summed E-state index contributed by atoms with van der Waals surface area (Å²) in [6, 6.07) is 0. The van der Waals surface area contributed by atoms with Crippen molar-refractivity contribution in [3.63, 3.8) is 0 Å². The van der Waals surface area contributed by atoms with Crippen molar-refractivity contribution in [1.29, 1.82) is 0 Å². The minimum atomic E-state index is -0.781. The Labute approximate surface area is 470 Å². The molecule has 0 amide bonds. The van der Waals surface area contributed by atoms with Gasteiger partial charge in [-0.15, -0.1) is 0 Å². The summed E-state index contributed by atoms with van der Waals surface area (Å²) in [5, 5.41) is 0. The van der Waals surface area contributed by atoms with Crippen LogP contribution in [0.15, 0.2) is 97.2 Å². The van der Waals surface area contributed by atoms with E-state index in [1.54, 1.807) is 0 Å². The number of carbonyl (C=O) groups is 3. The Bertz CT molecular complexity index is 1490. The molecule has 6 heteroatoms. The van der Waals surface area contributed by atoms with E-state index in [9.17, 15) is 14.4 Å². The highest BCUT2D eigenvalue weighted by molar-refractivity contribution is 5.71. The normalized spacial score (nSPS) is 12.7. The van der Waals surface area contributed by atoms with Crippen molar-refractivity contribution in [3.8, 4) is 0 Å². The van der Waals surface area contributed by atoms with Crippen LogP contribution in [0, 0.1) is 0 Å². The summed E-state index contributed by atoms with van der Waals surface area (Å²) in [7, 11) is 0. The van der Waals surface area contributed by atoms with Gasteiger partial charge in [0.15, 0.2) is 6.10 Å². The van der Waals surface area contributed by atoms with Crippen LogP contribution in [0.1, 0.15) is 310 Å². The lowest BCUT2D eigenvalue weighted by Crippen LogP contribution is -2.30. The Kier molecular flexibility index (Phi) is 60.8. The SMILES string of the molecule is CC/C=C\C/C=C\C/C=C\C/C=C\C/C=C\CCCCCCCCCCCC(=O)OCC(COC(=O)CCCCCCCCCC)OC(=O)CCCCCCCCCCCC/C=C\C/C=C\C/C=C\CCCCCCC. The van der Waals surface area contributed by atoms with Crippen molar-refractivity contribution in [2.75, 3.05) is 13.2 Å². The van der Waals surface area contributed by atoms with E-state index in [0.717, 1.165) is 109 Å². The van der Waals surface area contributed by atoms with Crippen LogP contribution in [-0.4, -0.2) is 37.2 Å². The van der Waals surface area contributed by atoms with Gasteiger partial charge >= 0.3 is 17.9 Å². The number of hydrogen-bond acceptors (Lipinski definition) is 6. The van der Waals surface area contributed by atoms with E-state index in [0.29, 0.717) is 19.3 Å². The summed E-state index contributed by atoms with van der Waals surface area (Å²) in [6.45, 7) is 6.50. The number of carbonyl (C=O) groups excluding carboxylic acids is 3. The van der Waals surface area contributed by atoms with Gasteiger partial charge in [0.05, 0.1) is 0 Å². The first-order valence-electron chi connectivity index (χ1n) is 32.2. The summed E-state index contributed by atoms with van der Waals surface area (Å²) in [5.74, 6) is -0.885. The van der Waals surface area contributed by atoms with Crippen molar-refractivity contribution in [1.82, 2.24) is 0 Å². The number of allylic oxidation sites excluding steroid dienone is 16. The molecular formula is C70H120O6. The molecule has 0 aromatic heterocycles. The third-order valence-corrected chi connectivity index (χ3v) is 13.8. The lowest BCUT2D eigenvalue weighted by atomic mass is 10.0. The van der Waals surface area contributed by atoms with Crippen molar-refractivity contribution in [2.24, 2.45) is 0 Å². The highest BCUT2D eigenvalue weighted by Gasteiger charge is 2.19. The lowest BCUT2D eigenvalue weighted by molar-refractivity contribution is -0.167. The largest absolute Gasteiger partial charge is 0.462 e. The molecule has 0 aliphatic carbocycles. The number of unbranched alkanes of at least 4 members (excludes halogenated alkanes) is 31. The Morgan fingerprint density at radius 1 is 0.276 bits per heavy atom. The van der Waals surface area contributed by atoms with Gasteiger partial charge in [0.1, 0.15) is 13.2 Å². The maximum Gasteiger partial charge on any atom is 0.306 e. The van der Waals surface area contributed by atoms with Gasteiger partial charge in [0.25, 0.3) is 0 Å². The monoisotopic (exact) mass is 1060 g/mol. The summed E-state index contributed by atoms with van der Waals surface area (Å²) < 4.78 is 16.9. The molecule has 0 heterocycles. The predicted molar refractivity (Wildman–Crippen MR) is 330 cm³/mol. The highest BCUT2D eigenvalue weighted by atomic mass is 16.6. The molecule has 1 atom stereocenters. The molecule has 0 aliphatic rings. The molecule has 76 heavy (non-hydrogen) atoms. The van der Waals surface area contributed by atoms with Crippen molar-refractivity contribution in [2.45, 2.75) is 316 Å². The van der Waals surface area contributed by atoms with Crippen molar-refractivity contribution in [3.05, 3.63) is 97.2 Å². The standard InChI is InChI=1S/C70H120O6/c1-4-7-10-13-16-19-21-23-25-27-29-31-33-35-37-39-41-43-45-47-49-51-54-57-60-63-69(72)75-66-67(65-74-68(71)62-59-56-53-18-15-12-9-6-3)76-70(73)64-61-58-55-52-50-48-46-44-42-40-38-36-34-32-30-28-26-24-22-20-17-14-11-8-5-2/h7,10,16,19,22-25,28-31,34-37,67H,4-6,8-9,11-15,17-18,20-21,26-27,32-33,38-66H2,1-3H3/b10-7-,19-16-,24-22-,25-23-,30-28-,31-29-,36-34-,37-35-. The van der Waals surface area contributed by atoms with E-state index < -0.39 is 6.10 Å². The van der Waals surface area contributed by atoms with Crippen LogP contribution in [0.2, 0.25) is 0 Å². The molecule has 0 rings (SSSR count). The van der Waals surface area contributed by atoms with Gasteiger partial charge in [-0.1, -0.05) is 285 Å². The molecular weight excluding hydrogens is 937 g/mol. The summed E-state index contributed by atoms with van der Waals surface area (Å²) >= 11 is 0. The molecule has 6 nitrogen and oxygen atoms in total. The third-order valence-electron chi connectivity index (χ3n) is 13.8. The van der Waals surface area contributed by atoms with Gasteiger partial charge in [0, 0.05) is 19.3 Å². The van der Waals surface area contributed by atoms with Crippen LogP contribution in [-0.2, 0) is 28.6 Å². The average Bonchev–Trinajstić information content (AvgIpc) is 3.42. The van der Waals surface area contributed by atoms with E-state index >= 15 is 0 Å². The molecule has 0 aliphatic heterocycles. The Balaban J connectivity index is 4.21. The molecule has 0 aromatic rings. The summed E-state index contributed by atoms with van der Waals surface area (Å²) in [5.41, 5.74) is 0. The van der Waals surface area contributed by atoms with E-state index in [-0.39, 0.29) is 31.1 Å². The van der Waals surface area contributed by atoms with Crippen LogP contribution in [0.4, 0.5) is 0 Å². The molecule has 0 aromatic carbocycles. The molecule has 0 N–H and O–H groups in total. The first-order valence-corrected chi connectivity index (χ1v) is 32.2. The molecule has 0 saturated carbocycles. The second kappa shape index (κ2) is 63.9. The quantitative estimate of drug-likeness (QED) is 0.0261. The highest BCUT2D eigenvalue weighted by Crippen LogP contribution is 2.16. The van der Waals surface area contributed by atoms with Gasteiger partial charge in [-0.05, 0) is 103 Å². The molecule has 0 saturated heterocycles. The van der Waals surface area contributed by atoms with Gasteiger partial charge in [-0.3, -0.25) is 14.4 Å². The Morgan fingerprint density at radius 3 is 0.803 bits per heavy atom. The van der Waals surface area contributed by atoms with Gasteiger partial charge < -0.3 is 14.2 Å². The first kappa shape index (κ1) is 72.3. The number of hydrogen-bond donors (Lipinski definition) is 0. The van der Waals surface area contributed by atoms with E-state index in [1.807, 2.05) is 0 Å². The zero-order valence-corrected chi connectivity index (χ0v) is 50.0. The fourth-order valence-corrected chi connectivity index (χ4v) is 9.01. The van der Waals surface area contributed by atoms with Crippen LogP contribution >= 0.6 is 0 Å². The van der Waals surface area contributed by atoms with Crippen LogP contribution in [0.25, 0.3) is 0 Å². The van der Waals surface area contributed by atoms with Crippen LogP contribution in [0.5, 0.6) is 0 Å². The zero-order valence-electron chi connectivity index (χ0n) is 50.0. The first-order chi connectivity index (χ1) is 37.5. The Hall–Kier alpha value is -3.67. The maximum absolute atomic E-state index is 12.9. The number of ether oxygens (including phenoxy) is 3. The van der Waals surface area contributed by atoms with Crippen LogP contribution in [0.3, 0.4) is 0 Å². The molecule has 0 radical (unpaired) electrons. The Morgan fingerprint density at radius 2 is 0.513 bits per heavy atom. The maximum atomic E-state index is 12.9. The number of esters is 3. The summed E-state index contributed by atoms with van der Waals surface area (Å²) in [6.07, 6.45) is 85.7. The minimum Gasteiger partial charge on any atom is -0.462 e. The van der Waals surface area contributed by atoms with E-state index in [2.05, 4.69) is 118 Å². The molecule has 0 fully saturated rings. The van der Waals surface area contributed by atoms with Crippen molar-refractivity contribution >= 4 is 17.9 Å². The van der Waals surface area contributed by atoms with E-state index in [1.165, 1.54) is 161 Å². The van der Waals surface area contributed by atoms with E-state index in [4.69, 9.17) is 14.2 Å².